The minimum Gasteiger partial charge on any atom is -0.381 e. The molecule has 1 aromatic carbocycles. The highest BCUT2D eigenvalue weighted by Crippen LogP contribution is 2.39. The molecule has 0 spiro atoms. The SMILES string of the molecule is CCNC(=NCC1(c2ccccc2Cl)CCOCC1)NC1CCC(SC)C1.I. The number of halogens is 2. The molecule has 1 saturated carbocycles. The van der Waals surface area contributed by atoms with E-state index in [4.69, 9.17) is 21.3 Å². The Morgan fingerprint density at radius 3 is 2.68 bits per heavy atom. The van der Waals surface area contributed by atoms with Crippen molar-refractivity contribution in [3.63, 3.8) is 0 Å². The predicted molar refractivity (Wildman–Crippen MR) is 133 cm³/mol. The van der Waals surface area contributed by atoms with Crippen molar-refractivity contribution in [1.82, 2.24) is 10.6 Å². The molecule has 2 atom stereocenters. The number of hydrogen-bond donors (Lipinski definition) is 2. The number of hydrogen-bond acceptors (Lipinski definition) is 3. The fourth-order valence-corrected chi connectivity index (χ4v) is 5.33. The Morgan fingerprint density at radius 1 is 1.29 bits per heavy atom. The molecule has 1 saturated heterocycles. The molecule has 0 aromatic heterocycles. The standard InChI is InChI=1S/C21H32ClN3OS.HI/c1-3-23-20(25-16-8-9-17(14-16)27-2)24-15-21(10-12-26-13-11-21)18-6-4-5-7-19(18)22;/h4-7,16-17H,3,8-15H2,1-2H3,(H2,23,24,25);1H. The lowest BCUT2D eigenvalue weighted by Gasteiger charge is -2.37. The molecule has 1 aliphatic carbocycles. The van der Waals surface area contributed by atoms with Crippen LogP contribution in [0.15, 0.2) is 29.3 Å². The van der Waals surface area contributed by atoms with Gasteiger partial charge in [-0.05, 0) is 56.9 Å². The summed E-state index contributed by atoms with van der Waals surface area (Å²) < 4.78 is 5.65. The van der Waals surface area contributed by atoms with Crippen LogP contribution in [0.3, 0.4) is 0 Å². The van der Waals surface area contributed by atoms with Gasteiger partial charge in [0.15, 0.2) is 5.96 Å². The van der Waals surface area contributed by atoms with Gasteiger partial charge in [-0.15, -0.1) is 24.0 Å². The minimum absolute atomic E-state index is 0. The summed E-state index contributed by atoms with van der Waals surface area (Å²) in [5, 5.41) is 8.71. The van der Waals surface area contributed by atoms with Gasteiger partial charge in [0.05, 0.1) is 6.54 Å². The largest absolute Gasteiger partial charge is 0.381 e. The fourth-order valence-electron chi connectivity index (χ4n) is 4.20. The quantitative estimate of drug-likeness (QED) is 0.310. The lowest BCUT2D eigenvalue weighted by molar-refractivity contribution is 0.0531. The van der Waals surface area contributed by atoms with Crippen molar-refractivity contribution in [3.8, 4) is 0 Å². The maximum atomic E-state index is 6.57. The van der Waals surface area contributed by atoms with E-state index in [1.54, 1.807) is 0 Å². The molecule has 1 heterocycles. The molecule has 158 valence electrons. The Bertz CT molecular complexity index is 640. The van der Waals surface area contributed by atoms with E-state index in [1.807, 2.05) is 23.9 Å². The molecule has 0 radical (unpaired) electrons. The van der Waals surface area contributed by atoms with Crippen LogP contribution in [0.1, 0.15) is 44.6 Å². The maximum Gasteiger partial charge on any atom is 0.191 e. The molecule has 3 rings (SSSR count). The van der Waals surface area contributed by atoms with E-state index in [0.717, 1.165) is 55.4 Å². The molecule has 1 aliphatic heterocycles. The summed E-state index contributed by atoms with van der Waals surface area (Å²) in [4.78, 5) is 5.01. The summed E-state index contributed by atoms with van der Waals surface area (Å²) in [6.07, 6.45) is 7.85. The number of nitrogens with one attached hydrogen (secondary N) is 2. The van der Waals surface area contributed by atoms with E-state index in [0.29, 0.717) is 6.04 Å². The van der Waals surface area contributed by atoms with Crippen molar-refractivity contribution in [3.05, 3.63) is 34.9 Å². The van der Waals surface area contributed by atoms with Crippen LogP contribution < -0.4 is 10.6 Å². The zero-order chi connectivity index (χ0) is 19.1. The smallest absolute Gasteiger partial charge is 0.191 e. The summed E-state index contributed by atoms with van der Waals surface area (Å²) in [6, 6.07) is 8.74. The van der Waals surface area contributed by atoms with Crippen LogP contribution in [-0.4, -0.2) is 49.8 Å². The average molecular weight is 538 g/mol. The highest BCUT2D eigenvalue weighted by Gasteiger charge is 2.36. The molecule has 2 N–H and O–H groups in total. The van der Waals surface area contributed by atoms with E-state index in [9.17, 15) is 0 Å². The fraction of sp³-hybridized carbons (Fsp3) is 0.667. The van der Waals surface area contributed by atoms with Gasteiger partial charge in [-0.2, -0.15) is 11.8 Å². The Labute approximate surface area is 196 Å². The Kier molecular flexibility index (Phi) is 10.2. The third kappa shape index (κ3) is 6.16. The number of ether oxygens (including phenoxy) is 1. The predicted octanol–water partition coefficient (Wildman–Crippen LogP) is 4.85. The van der Waals surface area contributed by atoms with Crippen molar-refractivity contribution in [1.29, 1.82) is 0 Å². The molecule has 7 heteroatoms. The number of aliphatic imine (C=N–C) groups is 1. The van der Waals surface area contributed by atoms with Gasteiger partial charge in [-0.25, -0.2) is 0 Å². The summed E-state index contributed by atoms with van der Waals surface area (Å²) in [5.41, 5.74) is 1.16. The Morgan fingerprint density at radius 2 is 2.04 bits per heavy atom. The molecular weight excluding hydrogens is 505 g/mol. The first-order valence-electron chi connectivity index (χ1n) is 10.1. The molecule has 0 bridgehead atoms. The summed E-state index contributed by atoms with van der Waals surface area (Å²) in [7, 11) is 0. The summed E-state index contributed by atoms with van der Waals surface area (Å²) in [6.45, 7) is 5.25. The van der Waals surface area contributed by atoms with Crippen molar-refractivity contribution < 1.29 is 4.74 Å². The van der Waals surface area contributed by atoms with Gasteiger partial charge in [0, 0.05) is 41.5 Å². The number of guanidine groups is 1. The van der Waals surface area contributed by atoms with E-state index in [1.165, 1.54) is 24.8 Å². The average Bonchev–Trinajstić information content (AvgIpc) is 3.15. The number of nitrogens with zero attached hydrogens (tertiary/aromatic N) is 1. The first-order chi connectivity index (χ1) is 13.2. The van der Waals surface area contributed by atoms with Gasteiger partial charge in [-0.3, -0.25) is 4.99 Å². The van der Waals surface area contributed by atoms with Crippen LogP contribution in [-0.2, 0) is 10.2 Å². The molecule has 2 aliphatic rings. The monoisotopic (exact) mass is 537 g/mol. The second kappa shape index (κ2) is 11.9. The normalized spacial score (nSPS) is 24.5. The van der Waals surface area contributed by atoms with Gasteiger partial charge in [-0.1, -0.05) is 29.8 Å². The molecule has 2 fully saturated rings. The van der Waals surface area contributed by atoms with Gasteiger partial charge < -0.3 is 15.4 Å². The van der Waals surface area contributed by atoms with Crippen molar-refractivity contribution in [2.24, 2.45) is 4.99 Å². The first kappa shape index (κ1) is 24.1. The summed E-state index contributed by atoms with van der Waals surface area (Å²) in [5.74, 6) is 0.933. The highest BCUT2D eigenvalue weighted by molar-refractivity contribution is 14.0. The van der Waals surface area contributed by atoms with E-state index < -0.39 is 0 Å². The lowest BCUT2D eigenvalue weighted by Crippen LogP contribution is -2.44. The molecular formula is C21H33ClIN3OS. The molecule has 1 aromatic rings. The number of benzene rings is 1. The van der Waals surface area contributed by atoms with Crippen LogP contribution in [0.5, 0.6) is 0 Å². The topological polar surface area (TPSA) is 45.7 Å². The van der Waals surface area contributed by atoms with Crippen LogP contribution in [0.4, 0.5) is 0 Å². The van der Waals surface area contributed by atoms with Crippen LogP contribution >= 0.6 is 47.3 Å². The zero-order valence-corrected chi connectivity index (χ0v) is 20.8. The second-order valence-electron chi connectivity index (χ2n) is 7.58. The number of rotatable bonds is 6. The van der Waals surface area contributed by atoms with Crippen molar-refractivity contribution in [2.45, 2.75) is 55.7 Å². The van der Waals surface area contributed by atoms with E-state index >= 15 is 0 Å². The van der Waals surface area contributed by atoms with Crippen molar-refractivity contribution in [2.75, 3.05) is 32.6 Å². The van der Waals surface area contributed by atoms with Gasteiger partial charge in [0.25, 0.3) is 0 Å². The van der Waals surface area contributed by atoms with Gasteiger partial charge >= 0.3 is 0 Å². The van der Waals surface area contributed by atoms with Gasteiger partial charge in [0.2, 0.25) is 0 Å². The third-order valence-electron chi connectivity index (χ3n) is 5.84. The summed E-state index contributed by atoms with van der Waals surface area (Å²) >= 11 is 8.55. The lowest BCUT2D eigenvalue weighted by atomic mass is 9.74. The van der Waals surface area contributed by atoms with Crippen LogP contribution in [0, 0.1) is 0 Å². The van der Waals surface area contributed by atoms with Crippen LogP contribution in [0.2, 0.25) is 5.02 Å². The van der Waals surface area contributed by atoms with Crippen molar-refractivity contribution >= 4 is 53.3 Å². The zero-order valence-electron chi connectivity index (χ0n) is 16.9. The Hall–Kier alpha value is -0.180. The first-order valence-corrected chi connectivity index (χ1v) is 11.7. The maximum absolute atomic E-state index is 6.57. The van der Waals surface area contributed by atoms with Crippen LogP contribution in [0.25, 0.3) is 0 Å². The van der Waals surface area contributed by atoms with E-state index in [-0.39, 0.29) is 29.4 Å². The molecule has 28 heavy (non-hydrogen) atoms. The molecule has 4 nitrogen and oxygen atoms in total. The molecule has 2 unspecified atom stereocenters. The van der Waals surface area contributed by atoms with Gasteiger partial charge in [0.1, 0.15) is 0 Å². The van der Waals surface area contributed by atoms with E-state index in [2.05, 4.69) is 35.9 Å². The second-order valence-corrected chi connectivity index (χ2v) is 9.13. The minimum atomic E-state index is -0.0452. The third-order valence-corrected chi connectivity index (χ3v) is 7.26. The highest BCUT2D eigenvalue weighted by atomic mass is 127. The molecule has 0 amide bonds. The number of thioether (sulfide) groups is 1. The Balaban J connectivity index is 0.00000280.